The summed E-state index contributed by atoms with van der Waals surface area (Å²) in [6.07, 6.45) is 3.22. The number of guanidine groups is 1. The van der Waals surface area contributed by atoms with Crippen molar-refractivity contribution in [3.05, 3.63) is 52.4 Å². The second-order valence-corrected chi connectivity index (χ2v) is 7.59. The van der Waals surface area contributed by atoms with Crippen molar-refractivity contribution < 1.29 is 0 Å². The van der Waals surface area contributed by atoms with Crippen molar-refractivity contribution in [3.8, 4) is 0 Å². The van der Waals surface area contributed by atoms with Crippen LogP contribution in [0.15, 0.2) is 46.8 Å². The SMILES string of the molecule is CN=C(NCCc1ccc(Cl)cc1)NC1CCN(c2cccs2)CC1. The summed E-state index contributed by atoms with van der Waals surface area (Å²) in [5.41, 5.74) is 1.27. The van der Waals surface area contributed by atoms with E-state index < -0.39 is 0 Å². The minimum Gasteiger partial charge on any atom is -0.363 e. The summed E-state index contributed by atoms with van der Waals surface area (Å²) in [7, 11) is 1.83. The van der Waals surface area contributed by atoms with Gasteiger partial charge >= 0.3 is 0 Å². The Hall–Kier alpha value is -1.72. The van der Waals surface area contributed by atoms with E-state index >= 15 is 0 Å². The molecule has 0 bridgehead atoms. The van der Waals surface area contributed by atoms with E-state index in [-0.39, 0.29) is 0 Å². The predicted molar refractivity (Wildman–Crippen MR) is 109 cm³/mol. The van der Waals surface area contributed by atoms with Gasteiger partial charge in [-0.1, -0.05) is 23.7 Å². The molecule has 2 heterocycles. The lowest BCUT2D eigenvalue weighted by molar-refractivity contribution is 0.463. The average Bonchev–Trinajstić information content (AvgIpc) is 3.18. The largest absolute Gasteiger partial charge is 0.363 e. The van der Waals surface area contributed by atoms with Crippen LogP contribution < -0.4 is 15.5 Å². The lowest BCUT2D eigenvalue weighted by Crippen LogP contribution is -2.49. The second-order valence-electron chi connectivity index (χ2n) is 6.23. The molecule has 1 saturated heterocycles. The highest BCUT2D eigenvalue weighted by Gasteiger charge is 2.20. The predicted octanol–water partition coefficient (Wildman–Crippen LogP) is 3.78. The van der Waals surface area contributed by atoms with Crippen LogP contribution in [0, 0.1) is 0 Å². The highest BCUT2D eigenvalue weighted by molar-refractivity contribution is 7.14. The number of halogens is 1. The zero-order valence-electron chi connectivity index (χ0n) is 14.5. The van der Waals surface area contributed by atoms with Gasteiger partial charge in [-0.2, -0.15) is 0 Å². The van der Waals surface area contributed by atoms with Crippen molar-refractivity contribution >= 4 is 33.9 Å². The monoisotopic (exact) mass is 376 g/mol. The van der Waals surface area contributed by atoms with Gasteiger partial charge < -0.3 is 15.5 Å². The van der Waals surface area contributed by atoms with Crippen molar-refractivity contribution in [2.75, 3.05) is 31.6 Å². The molecule has 1 aromatic heterocycles. The fourth-order valence-electron chi connectivity index (χ4n) is 3.06. The molecule has 6 heteroatoms. The van der Waals surface area contributed by atoms with E-state index in [9.17, 15) is 0 Å². The molecule has 0 atom stereocenters. The van der Waals surface area contributed by atoms with Gasteiger partial charge in [-0.15, -0.1) is 11.3 Å². The van der Waals surface area contributed by atoms with Gasteiger partial charge in [-0.3, -0.25) is 4.99 Å². The first kappa shape index (κ1) is 18.1. The van der Waals surface area contributed by atoms with Gasteiger partial charge in [0, 0.05) is 37.7 Å². The van der Waals surface area contributed by atoms with Gasteiger partial charge in [0.05, 0.1) is 5.00 Å². The smallest absolute Gasteiger partial charge is 0.191 e. The van der Waals surface area contributed by atoms with Crippen molar-refractivity contribution in [1.29, 1.82) is 0 Å². The molecule has 0 unspecified atom stereocenters. The highest BCUT2D eigenvalue weighted by Crippen LogP contribution is 2.24. The molecule has 0 spiro atoms. The summed E-state index contributed by atoms with van der Waals surface area (Å²) in [6, 6.07) is 12.8. The topological polar surface area (TPSA) is 39.7 Å². The van der Waals surface area contributed by atoms with Gasteiger partial charge in [0.15, 0.2) is 5.96 Å². The van der Waals surface area contributed by atoms with Gasteiger partial charge in [0.1, 0.15) is 0 Å². The van der Waals surface area contributed by atoms with Crippen LogP contribution in [0.25, 0.3) is 0 Å². The molecule has 3 rings (SSSR count). The fraction of sp³-hybridized carbons (Fsp3) is 0.421. The molecule has 1 fully saturated rings. The third-order valence-electron chi connectivity index (χ3n) is 4.50. The number of aliphatic imine (C=N–C) groups is 1. The number of rotatable bonds is 5. The quantitative estimate of drug-likeness (QED) is 0.616. The van der Waals surface area contributed by atoms with E-state index in [1.54, 1.807) is 0 Å². The Kier molecular flexibility index (Phi) is 6.59. The molecule has 4 nitrogen and oxygen atoms in total. The number of benzene rings is 1. The Bertz CT molecular complexity index is 661. The standard InChI is InChI=1S/C19H25ClN4S/c1-21-19(22-11-8-15-4-6-16(20)7-5-15)23-17-9-12-24(13-10-17)18-3-2-14-25-18/h2-7,14,17H,8-13H2,1H3,(H2,21,22,23). The third-order valence-corrected chi connectivity index (χ3v) is 5.68. The van der Waals surface area contributed by atoms with Crippen LogP contribution in [0.1, 0.15) is 18.4 Å². The minimum atomic E-state index is 0.484. The third kappa shape index (κ3) is 5.38. The Balaban J connectivity index is 1.40. The van der Waals surface area contributed by atoms with Crippen LogP contribution in [-0.4, -0.2) is 38.7 Å². The Morgan fingerprint density at radius 2 is 2.00 bits per heavy atom. The van der Waals surface area contributed by atoms with Gasteiger partial charge in [0.25, 0.3) is 0 Å². The van der Waals surface area contributed by atoms with Crippen LogP contribution in [0.5, 0.6) is 0 Å². The minimum absolute atomic E-state index is 0.484. The molecular formula is C19H25ClN4S. The van der Waals surface area contributed by atoms with E-state index in [4.69, 9.17) is 11.6 Å². The van der Waals surface area contributed by atoms with E-state index in [1.165, 1.54) is 10.6 Å². The van der Waals surface area contributed by atoms with Gasteiger partial charge in [0.2, 0.25) is 0 Å². The van der Waals surface area contributed by atoms with Crippen LogP contribution in [0.2, 0.25) is 5.02 Å². The Morgan fingerprint density at radius 3 is 2.64 bits per heavy atom. The number of hydrogen-bond acceptors (Lipinski definition) is 3. The summed E-state index contributed by atoms with van der Waals surface area (Å²) in [6.45, 7) is 3.05. The molecule has 1 aliphatic rings. The maximum atomic E-state index is 5.92. The van der Waals surface area contributed by atoms with Crippen molar-refractivity contribution in [2.24, 2.45) is 4.99 Å². The molecule has 0 aliphatic carbocycles. The summed E-state index contributed by atoms with van der Waals surface area (Å²) < 4.78 is 0. The lowest BCUT2D eigenvalue weighted by atomic mass is 10.1. The summed E-state index contributed by atoms with van der Waals surface area (Å²) in [5.74, 6) is 0.892. The lowest BCUT2D eigenvalue weighted by Gasteiger charge is -2.33. The van der Waals surface area contributed by atoms with Crippen LogP contribution >= 0.6 is 22.9 Å². The van der Waals surface area contributed by atoms with Gasteiger partial charge in [-0.25, -0.2) is 0 Å². The van der Waals surface area contributed by atoms with Gasteiger partial charge in [-0.05, 0) is 54.5 Å². The maximum absolute atomic E-state index is 5.92. The highest BCUT2D eigenvalue weighted by atomic mass is 35.5. The average molecular weight is 377 g/mol. The number of piperidine rings is 1. The summed E-state index contributed by atoms with van der Waals surface area (Å²) in [5, 5.41) is 11.3. The van der Waals surface area contributed by atoms with Crippen LogP contribution in [0.4, 0.5) is 5.00 Å². The number of nitrogens with one attached hydrogen (secondary N) is 2. The normalized spacial score (nSPS) is 16.1. The second kappa shape index (κ2) is 9.11. The molecule has 134 valence electrons. The number of hydrogen-bond donors (Lipinski definition) is 2. The zero-order chi connectivity index (χ0) is 17.5. The fourth-order valence-corrected chi connectivity index (χ4v) is 3.97. The first-order chi connectivity index (χ1) is 12.2. The van der Waals surface area contributed by atoms with E-state index in [2.05, 4.69) is 50.2 Å². The van der Waals surface area contributed by atoms with E-state index in [0.717, 1.165) is 49.9 Å². The first-order valence-electron chi connectivity index (χ1n) is 8.74. The molecule has 0 saturated carbocycles. The Labute approximate surface area is 158 Å². The maximum Gasteiger partial charge on any atom is 0.191 e. The number of nitrogens with zero attached hydrogens (tertiary/aromatic N) is 2. The summed E-state index contributed by atoms with van der Waals surface area (Å²) in [4.78, 5) is 6.83. The summed E-state index contributed by atoms with van der Waals surface area (Å²) >= 11 is 7.74. The first-order valence-corrected chi connectivity index (χ1v) is 10.0. The number of thiophene rings is 1. The molecule has 2 N–H and O–H groups in total. The molecule has 0 radical (unpaired) electrons. The molecular weight excluding hydrogens is 352 g/mol. The van der Waals surface area contributed by atoms with Crippen molar-refractivity contribution in [2.45, 2.75) is 25.3 Å². The molecule has 0 amide bonds. The van der Waals surface area contributed by atoms with Crippen molar-refractivity contribution in [3.63, 3.8) is 0 Å². The molecule has 25 heavy (non-hydrogen) atoms. The number of anilines is 1. The molecule has 1 aromatic carbocycles. The van der Waals surface area contributed by atoms with Crippen molar-refractivity contribution in [1.82, 2.24) is 10.6 Å². The Morgan fingerprint density at radius 1 is 1.24 bits per heavy atom. The zero-order valence-corrected chi connectivity index (χ0v) is 16.1. The van der Waals surface area contributed by atoms with Crippen LogP contribution in [0.3, 0.4) is 0 Å². The molecule has 2 aromatic rings. The molecule has 1 aliphatic heterocycles. The van der Waals surface area contributed by atoms with Crippen LogP contribution in [-0.2, 0) is 6.42 Å². The van der Waals surface area contributed by atoms with E-state index in [1.807, 2.05) is 30.5 Å². The van der Waals surface area contributed by atoms with E-state index in [0.29, 0.717) is 6.04 Å².